The van der Waals surface area contributed by atoms with Gasteiger partial charge >= 0.3 is 5.97 Å². The van der Waals surface area contributed by atoms with Gasteiger partial charge in [0.1, 0.15) is 5.75 Å². The summed E-state index contributed by atoms with van der Waals surface area (Å²) in [4.78, 5) is 11.2. The van der Waals surface area contributed by atoms with Crippen LogP contribution >= 0.6 is 0 Å². The first kappa shape index (κ1) is 16.8. The third kappa shape index (κ3) is 3.29. The number of nitrogens with zero attached hydrogens (tertiary/aromatic N) is 1. The number of methoxy groups -OCH3 is 1. The number of benzene rings is 2. The molecule has 6 nitrogen and oxygen atoms in total. The maximum absolute atomic E-state index is 12.7. The number of aromatic carboxylic acids is 1. The molecule has 0 aliphatic carbocycles. The normalized spacial score (nSPS) is 11.1. The molecular weight excluding hydrogens is 318 g/mol. The maximum atomic E-state index is 12.7. The fourth-order valence-corrected chi connectivity index (χ4v) is 3.37. The third-order valence-corrected chi connectivity index (χ3v) is 5.30. The Bertz CT molecular complexity index is 828. The molecule has 2 rings (SSSR count). The van der Waals surface area contributed by atoms with E-state index >= 15 is 0 Å². The molecule has 0 bridgehead atoms. The smallest absolute Gasteiger partial charge is 0.335 e. The second kappa shape index (κ2) is 6.29. The van der Waals surface area contributed by atoms with Crippen molar-refractivity contribution in [1.29, 1.82) is 0 Å². The molecule has 7 heteroatoms. The lowest BCUT2D eigenvalue weighted by Gasteiger charge is -2.22. The molecule has 23 heavy (non-hydrogen) atoms. The number of carboxylic acids is 1. The summed E-state index contributed by atoms with van der Waals surface area (Å²) in [5.41, 5.74) is 1.01. The molecule has 0 amide bonds. The first-order valence-electron chi connectivity index (χ1n) is 6.74. The van der Waals surface area contributed by atoms with Crippen LogP contribution in [0.15, 0.2) is 47.4 Å². The Hall–Kier alpha value is -2.54. The first-order chi connectivity index (χ1) is 10.8. The van der Waals surface area contributed by atoms with Crippen LogP contribution in [0, 0.1) is 6.92 Å². The Kier molecular flexibility index (Phi) is 4.60. The number of ether oxygens (including phenoxy) is 1. The zero-order valence-electron chi connectivity index (χ0n) is 13.0. The molecule has 0 unspecified atom stereocenters. The van der Waals surface area contributed by atoms with E-state index in [-0.39, 0.29) is 10.5 Å². The molecule has 0 spiro atoms. The van der Waals surface area contributed by atoms with Crippen LogP contribution in [0.5, 0.6) is 5.75 Å². The number of anilines is 1. The van der Waals surface area contributed by atoms with Crippen LogP contribution in [0.4, 0.5) is 5.69 Å². The maximum Gasteiger partial charge on any atom is 0.335 e. The zero-order chi connectivity index (χ0) is 17.2. The van der Waals surface area contributed by atoms with Gasteiger partial charge in [-0.2, -0.15) is 0 Å². The van der Waals surface area contributed by atoms with Crippen molar-refractivity contribution < 1.29 is 23.1 Å². The number of sulfonamides is 1. The highest BCUT2D eigenvalue weighted by atomic mass is 32.2. The van der Waals surface area contributed by atoms with Crippen LogP contribution in [0.25, 0.3) is 0 Å². The fourth-order valence-electron chi connectivity index (χ4n) is 2.12. The van der Waals surface area contributed by atoms with E-state index in [1.165, 1.54) is 38.4 Å². The average molecular weight is 335 g/mol. The minimum Gasteiger partial charge on any atom is -0.497 e. The predicted octanol–water partition coefficient (Wildman–Crippen LogP) is 2.53. The summed E-state index contributed by atoms with van der Waals surface area (Å²) >= 11 is 0. The Morgan fingerprint density at radius 1 is 1.13 bits per heavy atom. The lowest BCUT2D eigenvalue weighted by Crippen LogP contribution is -2.27. The van der Waals surface area contributed by atoms with Crippen LogP contribution < -0.4 is 9.04 Å². The van der Waals surface area contributed by atoms with Gasteiger partial charge in [-0.1, -0.05) is 6.07 Å². The molecule has 0 atom stereocenters. The van der Waals surface area contributed by atoms with Gasteiger partial charge < -0.3 is 9.84 Å². The molecule has 2 aromatic carbocycles. The van der Waals surface area contributed by atoms with Crippen molar-refractivity contribution in [3.8, 4) is 5.75 Å². The van der Waals surface area contributed by atoms with E-state index in [1.54, 1.807) is 25.1 Å². The summed E-state index contributed by atoms with van der Waals surface area (Å²) < 4.78 is 31.5. The minimum absolute atomic E-state index is 0.0300. The molecule has 0 saturated heterocycles. The van der Waals surface area contributed by atoms with Crippen LogP contribution in [0.2, 0.25) is 0 Å². The van der Waals surface area contributed by atoms with Crippen molar-refractivity contribution in [2.45, 2.75) is 11.8 Å². The number of hydrogen-bond acceptors (Lipinski definition) is 4. The van der Waals surface area contributed by atoms with E-state index in [2.05, 4.69) is 0 Å². The van der Waals surface area contributed by atoms with Gasteiger partial charge in [0, 0.05) is 7.05 Å². The van der Waals surface area contributed by atoms with Gasteiger partial charge in [0.25, 0.3) is 10.0 Å². The second-order valence-corrected chi connectivity index (χ2v) is 6.92. The van der Waals surface area contributed by atoms with E-state index in [1.807, 2.05) is 0 Å². The Morgan fingerprint density at radius 3 is 2.26 bits per heavy atom. The SMILES string of the molecule is COc1ccc(S(=O)(=O)N(C)c2cc(C(=O)O)ccc2C)cc1. The van der Waals surface area contributed by atoms with Crippen LogP contribution in [0.1, 0.15) is 15.9 Å². The Labute approximate surface area is 135 Å². The quantitative estimate of drug-likeness (QED) is 0.908. The predicted molar refractivity (Wildman–Crippen MR) is 86.7 cm³/mol. The van der Waals surface area contributed by atoms with Crippen LogP contribution in [0.3, 0.4) is 0 Å². The zero-order valence-corrected chi connectivity index (χ0v) is 13.8. The van der Waals surface area contributed by atoms with Gasteiger partial charge in [0.15, 0.2) is 0 Å². The van der Waals surface area contributed by atoms with Crippen LogP contribution in [-0.4, -0.2) is 33.7 Å². The van der Waals surface area contributed by atoms with Crippen molar-refractivity contribution in [1.82, 2.24) is 0 Å². The molecule has 0 fully saturated rings. The topological polar surface area (TPSA) is 83.9 Å². The van der Waals surface area contributed by atoms with Gasteiger partial charge in [0.05, 0.1) is 23.3 Å². The lowest BCUT2D eigenvalue weighted by atomic mass is 10.1. The number of hydrogen-bond donors (Lipinski definition) is 1. The first-order valence-corrected chi connectivity index (χ1v) is 8.18. The molecule has 0 saturated carbocycles. The van der Waals surface area contributed by atoms with Gasteiger partial charge in [-0.15, -0.1) is 0 Å². The number of carbonyl (C=O) groups is 1. The molecule has 0 aliphatic heterocycles. The summed E-state index contributed by atoms with van der Waals surface area (Å²) in [5.74, 6) is -0.558. The molecule has 0 heterocycles. The fraction of sp³-hybridized carbons (Fsp3) is 0.188. The third-order valence-electron chi connectivity index (χ3n) is 3.51. The molecule has 1 N–H and O–H groups in total. The minimum atomic E-state index is -3.80. The highest BCUT2D eigenvalue weighted by Gasteiger charge is 2.23. The van der Waals surface area contributed by atoms with Crippen molar-refractivity contribution in [2.24, 2.45) is 0 Å². The number of rotatable bonds is 5. The molecule has 0 radical (unpaired) electrons. The molecule has 2 aromatic rings. The van der Waals surface area contributed by atoms with Gasteiger partial charge in [-0.25, -0.2) is 13.2 Å². The van der Waals surface area contributed by atoms with Gasteiger partial charge in [0.2, 0.25) is 0 Å². The highest BCUT2D eigenvalue weighted by Crippen LogP contribution is 2.27. The van der Waals surface area contributed by atoms with Crippen molar-refractivity contribution in [2.75, 3.05) is 18.5 Å². The van der Waals surface area contributed by atoms with E-state index in [0.717, 1.165) is 4.31 Å². The van der Waals surface area contributed by atoms with E-state index < -0.39 is 16.0 Å². The Balaban J connectivity index is 2.47. The molecule has 0 aliphatic rings. The van der Waals surface area contributed by atoms with E-state index in [4.69, 9.17) is 9.84 Å². The van der Waals surface area contributed by atoms with Crippen molar-refractivity contribution in [3.05, 3.63) is 53.6 Å². The summed E-state index contributed by atoms with van der Waals surface area (Å²) in [6, 6.07) is 10.4. The van der Waals surface area contributed by atoms with E-state index in [9.17, 15) is 13.2 Å². The van der Waals surface area contributed by atoms with Crippen molar-refractivity contribution >= 4 is 21.7 Å². The second-order valence-electron chi connectivity index (χ2n) is 4.95. The van der Waals surface area contributed by atoms with Gasteiger partial charge in [-0.3, -0.25) is 4.31 Å². The molecule has 0 aromatic heterocycles. The summed E-state index contributed by atoms with van der Waals surface area (Å²) in [6.45, 7) is 1.72. The monoisotopic (exact) mass is 335 g/mol. The van der Waals surface area contributed by atoms with Gasteiger partial charge in [-0.05, 0) is 48.9 Å². The summed E-state index contributed by atoms with van der Waals surface area (Å²) in [5, 5.41) is 9.08. The number of carboxylic acid groups (broad SMARTS) is 1. The number of aryl methyl sites for hydroxylation is 1. The van der Waals surface area contributed by atoms with Crippen molar-refractivity contribution in [3.63, 3.8) is 0 Å². The lowest BCUT2D eigenvalue weighted by molar-refractivity contribution is 0.0697. The molecule has 122 valence electrons. The molecular formula is C16H17NO5S. The van der Waals surface area contributed by atoms with Crippen LogP contribution in [-0.2, 0) is 10.0 Å². The average Bonchev–Trinajstić information content (AvgIpc) is 2.54. The largest absolute Gasteiger partial charge is 0.497 e. The summed E-state index contributed by atoms with van der Waals surface area (Å²) in [7, 11) is -0.904. The van der Waals surface area contributed by atoms with E-state index in [0.29, 0.717) is 17.0 Å². The Morgan fingerprint density at radius 2 is 1.74 bits per heavy atom. The summed E-state index contributed by atoms with van der Waals surface area (Å²) in [6.07, 6.45) is 0. The highest BCUT2D eigenvalue weighted by molar-refractivity contribution is 7.92. The standard InChI is InChI=1S/C16H17NO5S/c1-11-4-5-12(16(18)19)10-15(11)17(2)23(20,21)14-8-6-13(22-3)7-9-14/h4-10H,1-3H3,(H,18,19).